The van der Waals surface area contributed by atoms with Gasteiger partial charge in [0.05, 0.1) is 22.3 Å². The lowest BCUT2D eigenvalue weighted by Gasteiger charge is -2.12. The first kappa shape index (κ1) is 20.7. The van der Waals surface area contributed by atoms with Gasteiger partial charge in [-0.05, 0) is 43.0 Å². The molecule has 31 heavy (non-hydrogen) atoms. The highest BCUT2D eigenvalue weighted by molar-refractivity contribution is 6.22. The summed E-state index contributed by atoms with van der Waals surface area (Å²) in [7, 11) is 0. The highest BCUT2D eigenvalue weighted by atomic mass is 16.2. The highest BCUT2D eigenvalue weighted by Gasteiger charge is 2.36. The molecule has 1 fully saturated rings. The van der Waals surface area contributed by atoms with Gasteiger partial charge >= 0.3 is 0 Å². The molecule has 0 aromatic heterocycles. The van der Waals surface area contributed by atoms with E-state index in [-0.39, 0.29) is 23.6 Å². The fourth-order valence-corrected chi connectivity index (χ4v) is 3.82. The number of carbonyl (C=O) groups is 4. The summed E-state index contributed by atoms with van der Waals surface area (Å²) < 4.78 is 0. The van der Waals surface area contributed by atoms with Gasteiger partial charge in [0.1, 0.15) is 0 Å². The van der Waals surface area contributed by atoms with Crippen molar-refractivity contribution in [3.05, 3.63) is 83.4 Å². The molecule has 0 saturated heterocycles. The highest BCUT2D eigenvalue weighted by Crippen LogP contribution is 2.33. The van der Waals surface area contributed by atoms with Crippen molar-refractivity contribution in [1.29, 1.82) is 0 Å². The van der Waals surface area contributed by atoms with Gasteiger partial charge in [-0.1, -0.05) is 43.2 Å². The molecule has 6 nitrogen and oxygen atoms in total. The van der Waals surface area contributed by atoms with Crippen molar-refractivity contribution in [2.75, 3.05) is 13.1 Å². The maximum absolute atomic E-state index is 11.9. The Hall–Kier alpha value is -3.54. The molecule has 3 aliphatic rings. The first-order valence-corrected chi connectivity index (χ1v) is 10.5. The number of benzene rings is 2. The summed E-state index contributed by atoms with van der Waals surface area (Å²) in [6.45, 7) is 4.56. The third kappa shape index (κ3) is 4.06. The van der Waals surface area contributed by atoms with E-state index in [1.165, 1.54) is 22.6 Å². The van der Waals surface area contributed by atoms with E-state index in [1.54, 1.807) is 54.6 Å². The Balaban J connectivity index is 0.000000150. The second-order valence-corrected chi connectivity index (χ2v) is 7.92. The SMILES string of the molecule is C=CCCN1C(=O)c2ccccc2C1=O.O=C1c2ccccc2C(=O)N1CCC1CC1. The predicted molar refractivity (Wildman–Crippen MR) is 116 cm³/mol. The average Bonchev–Trinajstić information content (AvgIpc) is 3.55. The molecular formula is C25H24N2O4. The molecule has 0 bridgehead atoms. The largest absolute Gasteiger partial charge is 0.274 e. The van der Waals surface area contributed by atoms with Gasteiger partial charge in [-0.2, -0.15) is 0 Å². The van der Waals surface area contributed by atoms with Crippen LogP contribution >= 0.6 is 0 Å². The Labute approximate surface area is 181 Å². The summed E-state index contributed by atoms with van der Waals surface area (Å²) >= 11 is 0. The average molecular weight is 416 g/mol. The lowest BCUT2D eigenvalue weighted by Crippen LogP contribution is -2.30. The summed E-state index contributed by atoms with van der Waals surface area (Å²) in [5.74, 6) is 0.0988. The second kappa shape index (κ2) is 8.68. The van der Waals surface area contributed by atoms with Gasteiger partial charge < -0.3 is 0 Å². The Morgan fingerprint density at radius 3 is 1.45 bits per heavy atom. The Bertz CT molecular complexity index is 1000. The van der Waals surface area contributed by atoms with Gasteiger partial charge in [0.2, 0.25) is 0 Å². The van der Waals surface area contributed by atoms with Crippen LogP contribution in [0.3, 0.4) is 0 Å². The van der Waals surface area contributed by atoms with Crippen LogP contribution in [0.1, 0.15) is 67.1 Å². The normalized spacial score (nSPS) is 16.8. The molecule has 2 heterocycles. The lowest BCUT2D eigenvalue weighted by atomic mass is 10.1. The van der Waals surface area contributed by atoms with Gasteiger partial charge in [0, 0.05) is 13.1 Å². The van der Waals surface area contributed by atoms with Crippen LogP contribution < -0.4 is 0 Å². The Morgan fingerprint density at radius 1 is 0.710 bits per heavy atom. The number of hydrogen-bond donors (Lipinski definition) is 0. The van der Waals surface area contributed by atoms with Crippen LogP contribution in [0, 0.1) is 5.92 Å². The number of fused-ring (bicyclic) bond motifs is 2. The quantitative estimate of drug-likeness (QED) is 0.528. The van der Waals surface area contributed by atoms with E-state index in [4.69, 9.17) is 0 Å². The van der Waals surface area contributed by atoms with Crippen molar-refractivity contribution in [2.45, 2.75) is 25.7 Å². The van der Waals surface area contributed by atoms with Crippen molar-refractivity contribution < 1.29 is 19.2 Å². The molecule has 0 spiro atoms. The van der Waals surface area contributed by atoms with E-state index >= 15 is 0 Å². The molecule has 158 valence electrons. The number of rotatable bonds is 6. The van der Waals surface area contributed by atoms with Crippen molar-refractivity contribution in [3.63, 3.8) is 0 Å². The second-order valence-electron chi connectivity index (χ2n) is 7.92. The van der Waals surface area contributed by atoms with Crippen LogP contribution in [0.5, 0.6) is 0 Å². The summed E-state index contributed by atoms with van der Waals surface area (Å²) in [6.07, 6.45) is 5.80. The predicted octanol–water partition coefficient (Wildman–Crippen LogP) is 3.94. The van der Waals surface area contributed by atoms with Crippen LogP contribution in [0.2, 0.25) is 0 Å². The minimum absolute atomic E-state index is 0.124. The summed E-state index contributed by atoms with van der Waals surface area (Å²) in [5, 5.41) is 0. The molecule has 1 saturated carbocycles. The molecule has 0 unspecified atom stereocenters. The first-order valence-electron chi connectivity index (χ1n) is 10.5. The molecule has 1 aliphatic carbocycles. The molecule has 6 heteroatoms. The van der Waals surface area contributed by atoms with Gasteiger partial charge in [-0.25, -0.2) is 0 Å². The van der Waals surface area contributed by atoms with Gasteiger partial charge in [-0.3, -0.25) is 29.0 Å². The summed E-state index contributed by atoms with van der Waals surface area (Å²) in [4.78, 5) is 50.1. The van der Waals surface area contributed by atoms with Crippen LogP contribution in [0.4, 0.5) is 0 Å². The summed E-state index contributed by atoms with van der Waals surface area (Å²) in [6, 6.07) is 14.0. The van der Waals surface area contributed by atoms with E-state index in [0.29, 0.717) is 41.8 Å². The molecule has 0 atom stereocenters. The maximum atomic E-state index is 11.9. The third-order valence-electron chi connectivity index (χ3n) is 5.77. The molecular weight excluding hydrogens is 392 g/mol. The minimum Gasteiger partial charge on any atom is -0.274 e. The lowest BCUT2D eigenvalue weighted by molar-refractivity contribution is 0.0637. The van der Waals surface area contributed by atoms with E-state index in [0.717, 1.165) is 12.3 Å². The van der Waals surface area contributed by atoms with E-state index < -0.39 is 0 Å². The molecule has 0 radical (unpaired) electrons. The van der Waals surface area contributed by atoms with Gasteiger partial charge in [0.25, 0.3) is 23.6 Å². The number of hydrogen-bond acceptors (Lipinski definition) is 4. The van der Waals surface area contributed by atoms with Crippen LogP contribution in [0.15, 0.2) is 61.2 Å². The standard InChI is InChI=1S/C13H13NO2.C12H11NO2/c15-12-10-3-1-2-4-11(10)13(16)14(12)8-7-9-5-6-9;1-2-3-8-13-11(14)9-6-4-5-7-10(9)12(13)15/h1-4,9H,5-8H2;2,4-7H,1,3,8H2. The van der Waals surface area contributed by atoms with Crippen LogP contribution in [0.25, 0.3) is 0 Å². The van der Waals surface area contributed by atoms with Crippen LogP contribution in [-0.4, -0.2) is 46.5 Å². The van der Waals surface area contributed by atoms with E-state index in [9.17, 15) is 19.2 Å². The molecule has 2 aromatic rings. The van der Waals surface area contributed by atoms with Crippen molar-refractivity contribution in [2.24, 2.45) is 5.92 Å². The van der Waals surface area contributed by atoms with Crippen LogP contribution in [-0.2, 0) is 0 Å². The zero-order valence-corrected chi connectivity index (χ0v) is 17.3. The number of carbonyl (C=O) groups excluding carboxylic acids is 4. The minimum atomic E-state index is -0.197. The molecule has 5 rings (SSSR count). The fraction of sp³-hybridized carbons (Fsp3) is 0.280. The van der Waals surface area contributed by atoms with E-state index in [2.05, 4.69) is 6.58 Å². The number of nitrogens with zero attached hydrogens (tertiary/aromatic N) is 2. The summed E-state index contributed by atoms with van der Waals surface area (Å²) in [5.41, 5.74) is 2.13. The first-order chi connectivity index (χ1) is 15.0. The van der Waals surface area contributed by atoms with Gasteiger partial charge in [0.15, 0.2) is 0 Å². The Morgan fingerprint density at radius 2 is 1.10 bits per heavy atom. The van der Waals surface area contributed by atoms with E-state index in [1.807, 2.05) is 0 Å². The topological polar surface area (TPSA) is 74.8 Å². The third-order valence-corrected chi connectivity index (χ3v) is 5.77. The van der Waals surface area contributed by atoms with Gasteiger partial charge in [-0.15, -0.1) is 6.58 Å². The molecule has 0 N–H and O–H groups in total. The van der Waals surface area contributed by atoms with Crippen molar-refractivity contribution in [1.82, 2.24) is 9.80 Å². The smallest absolute Gasteiger partial charge is 0.261 e. The van der Waals surface area contributed by atoms with Crippen molar-refractivity contribution >= 4 is 23.6 Å². The molecule has 2 aromatic carbocycles. The zero-order chi connectivity index (χ0) is 22.0. The fourth-order valence-electron chi connectivity index (χ4n) is 3.82. The maximum Gasteiger partial charge on any atom is 0.261 e. The number of imide groups is 2. The molecule has 4 amide bonds. The molecule has 2 aliphatic heterocycles. The zero-order valence-electron chi connectivity index (χ0n) is 17.3. The number of amides is 4. The Kier molecular flexibility index (Phi) is 5.80. The monoisotopic (exact) mass is 416 g/mol. The van der Waals surface area contributed by atoms with Crippen molar-refractivity contribution in [3.8, 4) is 0 Å².